The number of nitrogens with zero attached hydrogens (tertiary/aromatic N) is 1. The van der Waals surface area contributed by atoms with Crippen molar-refractivity contribution < 1.29 is 33.0 Å². The first-order valence-electron chi connectivity index (χ1n) is 15.2. The number of amides is 1. The van der Waals surface area contributed by atoms with Crippen molar-refractivity contribution in [3.63, 3.8) is 0 Å². The van der Waals surface area contributed by atoms with Crippen LogP contribution in [0.15, 0.2) is 79.5 Å². The Morgan fingerprint density at radius 1 is 0.857 bits per heavy atom. The van der Waals surface area contributed by atoms with Crippen LogP contribution in [0.2, 0.25) is 0 Å². The number of aromatic amines is 2. The predicted octanol–water partition coefficient (Wildman–Crippen LogP) is 4.81. The van der Waals surface area contributed by atoms with Crippen LogP contribution in [-0.4, -0.2) is 51.9 Å². The molecular weight excluding hydrogens is 642 g/mol. The first kappa shape index (κ1) is 32.6. The van der Waals surface area contributed by atoms with Gasteiger partial charge in [0, 0.05) is 59.5 Å². The number of hydrogen-bond donors (Lipinski definition) is 5. The van der Waals surface area contributed by atoms with Crippen LogP contribution in [0.1, 0.15) is 40.5 Å². The Morgan fingerprint density at radius 2 is 1.61 bits per heavy atom. The lowest BCUT2D eigenvalue weighted by atomic mass is 9.89. The van der Waals surface area contributed by atoms with E-state index in [1.807, 2.05) is 11.8 Å². The number of carbonyl (C=O) groups is 2. The molecule has 1 aliphatic carbocycles. The number of aromatic hydroxyl groups is 1. The van der Waals surface area contributed by atoms with E-state index in [9.17, 15) is 43.0 Å². The molecule has 0 saturated heterocycles. The summed E-state index contributed by atoms with van der Waals surface area (Å²) in [5.74, 6) is -5.01. The molecule has 0 saturated carbocycles. The SMILES string of the molecule is CCN(CCCCNC(=O)c1ccc(-c2c3cc(F)c(=O)cc-3oc3cc(O)c(F)cc23)c(C(=O)O)c1)c1ccc2c(=O)[nH][nH]c(=O)c2c1. The van der Waals surface area contributed by atoms with Crippen molar-refractivity contribution in [1.29, 1.82) is 0 Å². The zero-order chi connectivity index (χ0) is 35.0. The summed E-state index contributed by atoms with van der Waals surface area (Å²) in [6, 6.07) is 12.5. The summed E-state index contributed by atoms with van der Waals surface area (Å²) < 4.78 is 34.6. The maximum atomic E-state index is 14.5. The van der Waals surface area contributed by atoms with E-state index in [-0.39, 0.29) is 61.9 Å². The summed E-state index contributed by atoms with van der Waals surface area (Å²) in [6.07, 6.45) is 1.22. The molecule has 0 radical (unpaired) electrons. The topological polar surface area (TPSA) is 186 Å². The number of hydrogen-bond acceptors (Lipinski definition) is 8. The highest BCUT2D eigenvalue weighted by Crippen LogP contribution is 2.43. The maximum absolute atomic E-state index is 14.5. The molecule has 2 heterocycles. The van der Waals surface area contributed by atoms with Gasteiger partial charge in [-0.2, -0.15) is 0 Å². The lowest BCUT2D eigenvalue weighted by molar-refractivity contribution is 0.0697. The minimum atomic E-state index is -1.42. The molecule has 12 nitrogen and oxygen atoms in total. The molecule has 1 aromatic heterocycles. The van der Waals surface area contributed by atoms with Gasteiger partial charge in [0.05, 0.1) is 16.3 Å². The van der Waals surface area contributed by atoms with E-state index in [0.717, 1.165) is 36.0 Å². The van der Waals surface area contributed by atoms with Gasteiger partial charge in [-0.25, -0.2) is 13.6 Å². The second-order valence-electron chi connectivity index (χ2n) is 11.3. The number of phenols is 1. The molecule has 0 atom stereocenters. The normalized spacial score (nSPS) is 11.3. The number of halogens is 2. The number of carboxylic acid groups (broad SMARTS) is 1. The number of carboxylic acids is 1. The van der Waals surface area contributed by atoms with Crippen LogP contribution in [0.25, 0.3) is 44.2 Å². The van der Waals surface area contributed by atoms with E-state index < -0.39 is 45.8 Å². The zero-order valence-electron chi connectivity index (χ0n) is 25.9. The Kier molecular flexibility index (Phi) is 8.70. The largest absolute Gasteiger partial charge is 0.505 e. The number of anilines is 1. The first-order chi connectivity index (χ1) is 23.5. The summed E-state index contributed by atoms with van der Waals surface area (Å²) in [5.41, 5.74) is -1.42. The molecule has 49 heavy (non-hydrogen) atoms. The fourth-order valence-corrected chi connectivity index (χ4v) is 5.84. The third-order valence-electron chi connectivity index (χ3n) is 8.29. The molecule has 14 heteroatoms. The Bertz CT molecular complexity index is 2430. The van der Waals surface area contributed by atoms with Crippen LogP contribution in [-0.2, 0) is 0 Å². The summed E-state index contributed by atoms with van der Waals surface area (Å²) in [5, 5.41) is 28.0. The summed E-state index contributed by atoms with van der Waals surface area (Å²) in [6.45, 7) is 3.44. The van der Waals surface area contributed by atoms with Gasteiger partial charge in [-0.1, -0.05) is 6.07 Å². The average molecular weight is 671 g/mol. The van der Waals surface area contributed by atoms with Crippen LogP contribution < -0.4 is 26.8 Å². The van der Waals surface area contributed by atoms with Gasteiger partial charge in [-0.15, -0.1) is 0 Å². The highest BCUT2D eigenvalue weighted by molar-refractivity contribution is 6.09. The number of unbranched alkanes of at least 4 members (excludes halogenated alkanes) is 1. The molecule has 0 fully saturated rings. The third kappa shape index (κ3) is 6.23. The fourth-order valence-electron chi connectivity index (χ4n) is 5.84. The summed E-state index contributed by atoms with van der Waals surface area (Å²) in [7, 11) is 0. The van der Waals surface area contributed by atoms with Gasteiger partial charge in [0.25, 0.3) is 17.0 Å². The summed E-state index contributed by atoms with van der Waals surface area (Å²) >= 11 is 0. The van der Waals surface area contributed by atoms with E-state index in [0.29, 0.717) is 25.9 Å². The standard InChI is InChI=1S/C35H28F2N4O8/c1-2-41(18-6-8-20-21(12-18)34(46)40-39-33(20)45)10-4-3-9-38-32(44)17-5-7-19(22(11-17)35(47)48)31-23-13-25(36)27(42)15-29(23)49-30-16-28(43)26(37)14-24(30)31/h5-8,11-16,42H,2-4,9-10H2,1H3,(H,38,44)(H,39,45)(H,40,46)(H,47,48). The average Bonchev–Trinajstić information content (AvgIpc) is 3.08. The first-order valence-corrected chi connectivity index (χ1v) is 15.2. The molecule has 0 unspecified atom stereocenters. The number of nitrogens with one attached hydrogen (secondary N) is 3. The number of H-pyrrole nitrogens is 2. The highest BCUT2D eigenvalue weighted by Gasteiger charge is 2.25. The molecule has 0 spiro atoms. The molecule has 1 aliphatic heterocycles. The Labute approximate surface area is 274 Å². The number of aromatic nitrogens is 2. The van der Waals surface area contributed by atoms with Crippen molar-refractivity contribution in [3.8, 4) is 28.2 Å². The van der Waals surface area contributed by atoms with E-state index in [2.05, 4.69) is 15.5 Å². The van der Waals surface area contributed by atoms with Gasteiger partial charge in [-0.3, -0.25) is 29.4 Å². The molecule has 2 aliphatic rings. The van der Waals surface area contributed by atoms with Crippen LogP contribution >= 0.6 is 0 Å². The Hall–Kier alpha value is -6.31. The number of carbonyl (C=O) groups excluding carboxylic acids is 1. The van der Waals surface area contributed by atoms with E-state index in [4.69, 9.17) is 4.42 Å². The van der Waals surface area contributed by atoms with Gasteiger partial charge in [0.2, 0.25) is 5.43 Å². The summed E-state index contributed by atoms with van der Waals surface area (Å²) in [4.78, 5) is 63.8. The number of aromatic carboxylic acids is 1. The minimum Gasteiger partial charge on any atom is -0.505 e. The van der Waals surface area contributed by atoms with Gasteiger partial charge in [0.1, 0.15) is 11.3 Å². The van der Waals surface area contributed by atoms with Gasteiger partial charge in [0.15, 0.2) is 17.4 Å². The van der Waals surface area contributed by atoms with Gasteiger partial charge >= 0.3 is 5.97 Å². The van der Waals surface area contributed by atoms with Crippen LogP contribution in [0.3, 0.4) is 0 Å². The minimum absolute atomic E-state index is 0.00191. The second-order valence-corrected chi connectivity index (χ2v) is 11.3. The fraction of sp³-hybridized carbons (Fsp3) is 0.171. The van der Waals surface area contributed by atoms with Gasteiger partial charge < -0.3 is 24.8 Å². The lowest BCUT2D eigenvalue weighted by Gasteiger charge is -2.23. The molecule has 0 bridgehead atoms. The van der Waals surface area contributed by atoms with Crippen molar-refractivity contribution in [2.75, 3.05) is 24.5 Å². The molecule has 3 aromatic carbocycles. The van der Waals surface area contributed by atoms with E-state index in [1.54, 1.807) is 18.2 Å². The quantitative estimate of drug-likeness (QED) is 0.101. The Morgan fingerprint density at radius 3 is 2.35 bits per heavy atom. The van der Waals surface area contributed by atoms with Crippen molar-refractivity contribution in [3.05, 3.63) is 114 Å². The number of phenolic OH excluding ortho intramolecular Hbond substituents is 1. The van der Waals surface area contributed by atoms with Gasteiger partial charge in [-0.05, 0) is 67.8 Å². The smallest absolute Gasteiger partial charge is 0.336 e. The van der Waals surface area contributed by atoms with Crippen molar-refractivity contribution >= 4 is 39.3 Å². The molecule has 1 amide bonds. The predicted molar refractivity (Wildman–Crippen MR) is 178 cm³/mol. The van der Waals surface area contributed by atoms with Crippen molar-refractivity contribution in [2.45, 2.75) is 19.8 Å². The molecule has 250 valence electrons. The second kappa shape index (κ2) is 13.1. The molecule has 5 N–H and O–H groups in total. The van der Waals surface area contributed by atoms with E-state index in [1.165, 1.54) is 12.1 Å². The highest BCUT2D eigenvalue weighted by atomic mass is 19.1. The van der Waals surface area contributed by atoms with Crippen molar-refractivity contribution in [1.82, 2.24) is 15.5 Å². The molecule has 6 rings (SSSR count). The van der Waals surface area contributed by atoms with Crippen LogP contribution in [0.5, 0.6) is 5.75 Å². The zero-order valence-corrected chi connectivity index (χ0v) is 25.9. The number of fused-ring (bicyclic) bond motifs is 3. The lowest BCUT2D eigenvalue weighted by Crippen LogP contribution is -2.27. The van der Waals surface area contributed by atoms with Crippen LogP contribution in [0, 0.1) is 11.6 Å². The molecule has 4 aromatic rings. The van der Waals surface area contributed by atoms with Crippen molar-refractivity contribution in [2.24, 2.45) is 0 Å². The number of rotatable bonds is 10. The maximum Gasteiger partial charge on any atom is 0.336 e. The van der Waals surface area contributed by atoms with E-state index >= 15 is 0 Å². The Balaban J connectivity index is 1.21. The number of benzene rings is 4. The van der Waals surface area contributed by atoms with Crippen LogP contribution in [0.4, 0.5) is 14.5 Å². The monoisotopic (exact) mass is 670 g/mol. The molecular formula is C35H28F2N4O8. The third-order valence-corrected chi connectivity index (χ3v) is 8.29.